The van der Waals surface area contributed by atoms with E-state index in [-0.39, 0.29) is 10.7 Å². The number of hydrogen-bond acceptors (Lipinski definition) is 3. The summed E-state index contributed by atoms with van der Waals surface area (Å²) in [5, 5.41) is 2.24. The van der Waals surface area contributed by atoms with Crippen LogP contribution in [0.5, 0.6) is 5.75 Å². The molecule has 1 atom stereocenters. The zero-order chi connectivity index (χ0) is 19.3. The third-order valence-corrected chi connectivity index (χ3v) is 6.56. The van der Waals surface area contributed by atoms with Crippen LogP contribution in [0.1, 0.15) is 16.7 Å². The van der Waals surface area contributed by atoms with Crippen molar-refractivity contribution < 1.29 is 4.74 Å². The number of nitrogen functional groups attached to an aromatic ring is 1. The Morgan fingerprint density at radius 1 is 0.893 bits per heavy atom. The summed E-state index contributed by atoms with van der Waals surface area (Å²) in [6.45, 7) is 2.88. The summed E-state index contributed by atoms with van der Waals surface area (Å²) in [6.07, 6.45) is 2.13. The molecule has 0 fully saturated rings. The molecule has 0 amide bonds. The van der Waals surface area contributed by atoms with Gasteiger partial charge in [-0.1, -0.05) is 71.3 Å². The van der Waals surface area contributed by atoms with Crippen molar-refractivity contribution in [3.05, 3.63) is 108 Å². The number of hydrogen-bond donors (Lipinski definition) is 1. The molecule has 0 saturated heterocycles. The van der Waals surface area contributed by atoms with Crippen LogP contribution < -0.4 is 10.5 Å². The number of nitrogens with zero attached hydrogens (tertiary/aromatic N) is 1. The van der Waals surface area contributed by atoms with Crippen molar-refractivity contribution in [2.45, 2.75) is 19.2 Å². The Bertz CT molecular complexity index is 1010. The Morgan fingerprint density at radius 3 is 2.25 bits per heavy atom. The van der Waals surface area contributed by atoms with Crippen molar-refractivity contribution in [2.75, 3.05) is 5.73 Å². The Kier molecular flexibility index (Phi) is 5.49. The zero-order valence-corrected chi connectivity index (χ0v) is 16.7. The van der Waals surface area contributed by atoms with Crippen LogP contribution in [0.3, 0.4) is 0 Å². The highest BCUT2D eigenvalue weighted by Gasteiger charge is 2.17. The van der Waals surface area contributed by atoms with Gasteiger partial charge in [0.1, 0.15) is 5.75 Å². The molecule has 1 unspecified atom stereocenters. The number of nitrogens with two attached hydrogens (primary N) is 1. The third kappa shape index (κ3) is 4.46. The highest BCUT2D eigenvalue weighted by atomic mass is 32.2. The molecule has 3 nitrogen and oxygen atoms in total. The molecule has 0 bridgehead atoms. The van der Waals surface area contributed by atoms with Crippen molar-refractivity contribution in [3.8, 4) is 5.75 Å². The lowest BCUT2D eigenvalue weighted by atomic mass is 10.2. The van der Waals surface area contributed by atoms with Crippen LogP contribution >= 0.6 is 10.7 Å². The van der Waals surface area contributed by atoms with Gasteiger partial charge in [0.15, 0.2) is 5.76 Å². The topological polar surface area (TPSA) is 38.5 Å². The molecule has 0 aromatic heterocycles. The van der Waals surface area contributed by atoms with Gasteiger partial charge in [-0.2, -0.15) is 0 Å². The van der Waals surface area contributed by atoms with Gasteiger partial charge in [0, 0.05) is 16.8 Å². The Hall–Kier alpha value is -2.98. The van der Waals surface area contributed by atoms with Gasteiger partial charge in [-0.05, 0) is 41.8 Å². The molecule has 3 aromatic carbocycles. The van der Waals surface area contributed by atoms with Gasteiger partial charge in [0.25, 0.3) is 0 Å². The van der Waals surface area contributed by atoms with Crippen molar-refractivity contribution in [1.82, 2.24) is 4.31 Å². The highest BCUT2D eigenvalue weighted by Crippen LogP contribution is 2.34. The summed E-state index contributed by atoms with van der Waals surface area (Å²) >= 11 is 0. The lowest BCUT2D eigenvalue weighted by Crippen LogP contribution is -2.09. The summed E-state index contributed by atoms with van der Waals surface area (Å²) in [6, 6.07) is 26.9. The molecule has 0 saturated carbocycles. The molecule has 0 aliphatic carbocycles. The molecule has 4 rings (SSSR count). The van der Waals surface area contributed by atoms with E-state index in [1.807, 2.05) is 25.1 Å². The first-order valence-electron chi connectivity index (χ1n) is 9.32. The van der Waals surface area contributed by atoms with Crippen LogP contribution in [0.4, 0.5) is 5.69 Å². The number of rotatable bonds is 6. The quantitative estimate of drug-likeness (QED) is 0.448. The highest BCUT2D eigenvalue weighted by molar-refractivity contribution is 8.12. The van der Waals surface area contributed by atoms with Gasteiger partial charge in [-0.25, -0.2) is 0 Å². The fraction of sp³-hybridized carbons (Fsp3) is 0.125. The van der Waals surface area contributed by atoms with Crippen molar-refractivity contribution in [3.63, 3.8) is 0 Å². The van der Waals surface area contributed by atoms with Gasteiger partial charge in [0.2, 0.25) is 0 Å². The predicted octanol–water partition coefficient (Wildman–Crippen LogP) is 5.50. The van der Waals surface area contributed by atoms with Crippen LogP contribution in [-0.2, 0) is 12.3 Å². The minimum atomic E-state index is -0.0652. The van der Waals surface area contributed by atoms with Crippen molar-refractivity contribution in [1.29, 1.82) is 0 Å². The van der Waals surface area contributed by atoms with E-state index in [0.29, 0.717) is 0 Å². The van der Waals surface area contributed by atoms with E-state index in [4.69, 9.17) is 10.5 Å². The van der Waals surface area contributed by atoms with Gasteiger partial charge in [-0.3, -0.25) is 0 Å². The minimum Gasteiger partial charge on any atom is -0.455 e. The molecule has 1 heterocycles. The van der Waals surface area contributed by atoms with E-state index in [2.05, 4.69) is 76.5 Å². The number of ether oxygens (including phenoxy) is 1. The fourth-order valence-electron chi connectivity index (χ4n) is 3.17. The molecular formula is C24H24N2OS. The standard InChI is InChI=1S/C24H24N2OS/c1-19-14-22(25)12-13-24(19)27-23-16-26(15-20-8-4-2-5-9-20)28(18-23)17-21-10-6-3-7-11-21/h2-14,16,18H,15,17,25H2,1H3. The predicted molar refractivity (Wildman–Crippen MR) is 120 cm³/mol. The zero-order valence-electron chi connectivity index (χ0n) is 15.9. The molecule has 1 aliphatic rings. The van der Waals surface area contributed by atoms with Crippen LogP contribution in [0.2, 0.25) is 0 Å². The molecule has 0 spiro atoms. The summed E-state index contributed by atoms with van der Waals surface area (Å²) in [7, 11) is -0.0652. The summed E-state index contributed by atoms with van der Waals surface area (Å²) in [5.41, 5.74) is 10.3. The van der Waals surface area contributed by atoms with Crippen molar-refractivity contribution >= 4 is 21.7 Å². The summed E-state index contributed by atoms with van der Waals surface area (Å²) in [4.78, 5) is 0. The minimum absolute atomic E-state index is 0.0652. The maximum Gasteiger partial charge on any atom is 0.151 e. The molecule has 2 N–H and O–H groups in total. The number of aryl methyl sites for hydroxylation is 1. The van der Waals surface area contributed by atoms with E-state index in [9.17, 15) is 0 Å². The average Bonchev–Trinajstić information content (AvgIpc) is 3.06. The monoisotopic (exact) mass is 388 g/mol. The lowest BCUT2D eigenvalue weighted by molar-refractivity contribution is 0.442. The SMILES string of the molecule is Cc1cc(N)ccc1OC1=CN(Cc2ccccc2)S(Cc2ccccc2)=C1. The van der Waals surface area contributed by atoms with Gasteiger partial charge in [-0.15, -0.1) is 0 Å². The summed E-state index contributed by atoms with van der Waals surface area (Å²) < 4.78 is 8.59. The summed E-state index contributed by atoms with van der Waals surface area (Å²) in [5.74, 6) is 2.71. The van der Waals surface area contributed by atoms with E-state index in [1.54, 1.807) is 0 Å². The van der Waals surface area contributed by atoms with Crippen LogP contribution in [0, 0.1) is 6.92 Å². The van der Waals surface area contributed by atoms with Gasteiger partial charge in [0.05, 0.1) is 12.7 Å². The van der Waals surface area contributed by atoms with E-state index >= 15 is 0 Å². The van der Waals surface area contributed by atoms with Crippen LogP contribution in [-0.4, -0.2) is 9.67 Å². The first-order chi connectivity index (χ1) is 13.7. The van der Waals surface area contributed by atoms with Gasteiger partial charge >= 0.3 is 0 Å². The Labute approximate surface area is 169 Å². The van der Waals surface area contributed by atoms with Crippen LogP contribution in [0.15, 0.2) is 90.8 Å². The molecule has 0 radical (unpaired) electrons. The van der Waals surface area contributed by atoms with E-state index in [0.717, 1.165) is 35.1 Å². The number of anilines is 1. The first-order valence-corrected chi connectivity index (χ1v) is 10.7. The molecule has 4 heteroatoms. The molecule has 142 valence electrons. The van der Waals surface area contributed by atoms with Crippen LogP contribution in [0.25, 0.3) is 0 Å². The molecular weight excluding hydrogens is 364 g/mol. The second-order valence-electron chi connectivity index (χ2n) is 6.87. The maximum absolute atomic E-state index is 6.21. The van der Waals surface area contributed by atoms with Crippen molar-refractivity contribution in [2.24, 2.45) is 0 Å². The lowest BCUT2D eigenvalue weighted by Gasteiger charge is -2.21. The molecule has 1 aliphatic heterocycles. The van der Waals surface area contributed by atoms with E-state index in [1.165, 1.54) is 11.1 Å². The number of benzene rings is 3. The average molecular weight is 389 g/mol. The maximum atomic E-state index is 6.21. The Balaban J connectivity index is 1.58. The molecule has 28 heavy (non-hydrogen) atoms. The second-order valence-corrected chi connectivity index (χ2v) is 8.66. The smallest absolute Gasteiger partial charge is 0.151 e. The Morgan fingerprint density at radius 2 is 1.57 bits per heavy atom. The number of allylic oxidation sites excluding steroid dienone is 1. The first kappa shape index (κ1) is 18.4. The second kappa shape index (κ2) is 8.36. The van der Waals surface area contributed by atoms with Gasteiger partial charge < -0.3 is 14.8 Å². The normalized spacial score (nSPS) is 15.8. The molecule has 3 aromatic rings. The third-order valence-electron chi connectivity index (χ3n) is 4.59. The largest absolute Gasteiger partial charge is 0.455 e. The van der Waals surface area contributed by atoms with E-state index < -0.39 is 0 Å². The fourth-order valence-corrected chi connectivity index (χ4v) is 5.02.